The van der Waals surface area contributed by atoms with Gasteiger partial charge in [0.25, 0.3) is 0 Å². The second kappa shape index (κ2) is 11.1. The van der Waals surface area contributed by atoms with Gasteiger partial charge in [-0.2, -0.15) is 0 Å². The summed E-state index contributed by atoms with van der Waals surface area (Å²) < 4.78 is 31.5. The van der Waals surface area contributed by atoms with Gasteiger partial charge in [0.15, 0.2) is 0 Å². The number of carboxylic acids is 1. The Morgan fingerprint density at radius 3 is 2.38 bits per heavy atom. The molecule has 2 aromatic rings. The predicted molar refractivity (Wildman–Crippen MR) is 155 cm³/mol. The Labute approximate surface area is 238 Å². The van der Waals surface area contributed by atoms with Crippen LogP contribution in [0.1, 0.15) is 58.8 Å². The average Bonchev–Trinajstić information content (AvgIpc) is 3.79. The van der Waals surface area contributed by atoms with Crippen LogP contribution in [0.3, 0.4) is 0 Å². The maximum absolute atomic E-state index is 11.7. The number of benzene rings is 2. The number of thioether (sulfide) groups is 1. The number of halogens is 2. The molecule has 0 aromatic heterocycles. The number of ether oxygens (including phenoxy) is 1. The molecule has 1 heterocycles. The average molecular weight is 577 g/mol. The van der Waals surface area contributed by atoms with Gasteiger partial charge in [-0.1, -0.05) is 25.1 Å². The number of hydrogen-bond acceptors (Lipinski definition) is 6. The largest absolute Gasteiger partial charge is 0.491 e. The third-order valence-corrected chi connectivity index (χ3v) is 10.5. The molecule has 9 heteroatoms. The molecule has 3 aliphatic carbocycles. The van der Waals surface area contributed by atoms with Crippen LogP contribution in [0.5, 0.6) is 5.75 Å². The normalized spacial score (nSPS) is 21.2. The minimum atomic E-state index is -2.46. The third-order valence-electron chi connectivity index (χ3n) is 8.28. The summed E-state index contributed by atoms with van der Waals surface area (Å²) in [5, 5.41) is 10.3. The highest BCUT2D eigenvalue weighted by molar-refractivity contribution is 8.00. The van der Waals surface area contributed by atoms with E-state index in [4.69, 9.17) is 4.74 Å². The van der Waals surface area contributed by atoms with Gasteiger partial charge in [0, 0.05) is 30.4 Å². The van der Waals surface area contributed by atoms with Crippen molar-refractivity contribution in [1.82, 2.24) is 4.31 Å². The summed E-state index contributed by atoms with van der Waals surface area (Å²) in [4.78, 5) is 16.4. The Balaban J connectivity index is 0.000000465. The number of hydrogen-bond donors (Lipinski definition) is 1. The second-order valence-corrected chi connectivity index (χ2v) is 14.2. The summed E-state index contributed by atoms with van der Waals surface area (Å²) in [6.07, 6.45) is 6.74. The van der Waals surface area contributed by atoms with Crippen LogP contribution in [0.2, 0.25) is 0 Å². The van der Waals surface area contributed by atoms with Gasteiger partial charge in [0.05, 0.1) is 15.5 Å². The maximum atomic E-state index is 11.7. The molecule has 6 rings (SSSR count). The number of carbonyl (C=O) groups is 1. The molecule has 1 spiro atoms. The molecule has 3 fully saturated rings. The Kier molecular flexibility index (Phi) is 8.15. The minimum absolute atomic E-state index is 0.0625. The third kappa shape index (κ3) is 6.85. The summed E-state index contributed by atoms with van der Waals surface area (Å²) in [5.74, 6) is -2.34. The van der Waals surface area contributed by atoms with Crippen molar-refractivity contribution in [2.24, 2.45) is 10.8 Å². The first-order valence-electron chi connectivity index (χ1n) is 13.8. The summed E-state index contributed by atoms with van der Waals surface area (Å²) >= 11 is 3.68. The monoisotopic (exact) mass is 576 g/mol. The molecule has 1 aliphatic heterocycles. The summed E-state index contributed by atoms with van der Waals surface area (Å²) in [6.45, 7) is 4.48. The van der Waals surface area contributed by atoms with E-state index in [0.29, 0.717) is 23.5 Å². The molecular weight excluding hydrogens is 538 g/mol. The number of alkyl halides is 2. The van der Waals surface area contributed by atoms with E-state index < -0.39 is 17.3 Å². The van der Waals surface area contributed by atoms with Crippen LogP contribution in [0, 0.1) is 10.8 Å². The first-order chi connectivity index (χ1) is 18.5. The number of aliphatic carboxylic acids is 1. The van der Waals surface area contributed by atoms with E-state index in [2.05, 4.69) is 58.7 Å². The quantitative estimate of drug-likeness (QED) is 0.319. The number of likely N-dealkylation sites (N-methyl/N-ethyl adjacent to an activating group) is 1. The highest BCUT2D eigenvalue weighted by Gasteiger charge is 2.53. The molecule has 0 saturated heterocycles. The standard InChI is InChI=1S/C26H30N2O3S2.C4H8F2/c1-27-11-12-28(18-5-3-2-4-6-18)20-13-23(32-19-15-25(16-19)7-8-25)21(14-22(20)33-27)31-17-26(9-10-26)24(29)30;1-3-4(2,5)6/h2-6,13-14,19H,7-12,15-17H2,1H3,(H,29,30);3H2,1-2H3. The molecule has 3 saturated carbocycles. The Hall–Kier alpha value is -1.97. The van der Waals surface area contributed by atoms with Crippen LogP contribution in [-0.4, -0.2) is 53.3 Å². The Morgan fingerprint density at radius 2 is 1.82 bits per heavy atom. The number of para-hydroxylation sites is 1. The van der Waals surface area contributed by atoms with E-state index in [0.717, 1.165) is 35.6 Å². The lowest BCUT2D eigenvalue weighted by atomic mass is 9.81. The van der Waals surface area contributed by atoms with E-state index in [1.807, 2.05) is 11.8 Å². The van der Waals surface area contributed by atoms with E-state index in [1.165, 1.54) is 44.0 Å². The van der Waals surface area contributed by atoms with Crippen molar-refractivity contribution in [2.75, 3.05) is 31.6 Å². The highest BCUT2D eigenvalue weighted by Crippen LogP contribution is 2.65. The van der Waals surface area contributed by atoms with E-state index in [1.54, 1.807) is 11.9 Å². The number of nitrogens with zero attached hydrogens (tertiary/aromatic N) is 2. The fourth-order valence-corrected chi connectivity index (χ4v) is 7.59. The lowest BCUT2D eigenvalue weighted by Crippen LogP contribution is -2.27. The molecule has 0 amide bonds. The number of fused-ring (bicyclic) bond motifs is 1. The molecule has 0 atom stereocenters. The van der Waals surface area contributed by atoms with Crippen molar-refractivity contribution in [3.05, 3.63) is 42.5 Å². The molecule has 0 bridgehead atoms. The molecule has 0 unspecified atom stereocenters. The maximum Gasteiger partial charge on any atom is 0.313 e. The fourth-order valence-electron chi connectivity index (χ4n) is 5.01. The molecular formula is C30H38F2N2O3S2. The van der Waals surface area contributed by atoms with Crippen LogP contribution in [0.15, 0.2) is 52.3 Å². The number of anilines is 2. The van der Waals surface area contributed by atoms with Crippen molar-refractivity contribution in [3.63, 3.8) is 0 Å². The molecule has 39 heavy (non-hydrogen) atoms. The van der Waals surface area contributed by atoms with Crippen molar-refractivity contribution >= 4 is 41.1 Å². The van der Waals surface area contributed by atoms with Gasteiger partial charge in [-0.05, 0) is 94.1 Å². The minimum Gasteiger partial charge on any atom is -0.491 e. The topological polar surface area (TPSA) is 53.0 Å². The van der Waals surface area contributed by atoms with Crippen molar-refractivity contribution in [3.8, 4) is 5.75 Å². The molecule has 5 nitrogen and oxygen atoms in total. The molecule has 4 aliphatic rings. The lowest BCUT2D eigenvalue weighted by molar-refractivity contribution is -0.144. The number of rotatable bonds is 8. The van der Waals surface area contributed by atoms with E-state index in [-0.39, 0.29) is 13.0 Å². The van der Waals surface area contributed by atoms with Crippen LogP contribution in [0.4, 0.5) is 20.2 Å². The molecule has 1 N–H and O–H groups in total. The lowest BCUT2D eigenvalue weighted by Gasteiger charge is -2.36. The second-order valence-electron chi connectivity index (χ2n) is 11.6. The van der Waals surface area contributed by atoms with Gasteiger partial charge in [-0.15, -0.1) is 11.8 Å². The van der Waals surface area contributed by atoms with Crippen LogP contribution in [0.25, 0.3) is 0 Å². The van der Waals surface area contributed by atoms with Crippen molar-refractivity contribution in [2.45, 2.75) is 79.8 Å². The zero-order chi connectivity index (χ0) is 27.8. The first kappa shape index (κ1) is 28.6. The van der Waals surface area contributed by atoms with Gasteiger partial charge < -0.3 is 14.7 Å². The smallest absolute Gasteiger partial charge is 0.313 e. The van der Waals surface area contributed by atoms with Crippen LogP contribution >= 0.6 is 23.7 Å². The summed E-state index contributed by atoms with van der Waals surface area (Å²) in [7, 11) is 2.12. The molecule has 0 radical (unpaired) electrons. The van der Waals surface area contributed by atoms with Gasteiger partial charge in [-0.3, -0.25) is 4.79 Å². The zero-order valence-electron chi connectivity index (χ0n) is 22.9. The van der Waals surface area contributed by atoms with Gasteiger partial charge >= 0.3 is 5.97 Å². The van der Waals surface area contributed by atoms with Gasteiger partial charge in [0.2, 0.25) is 5.92 Å². The van der Waals surface area contributed by atoms with Gasteiger partial charge in [-0.25, -0.2) is 13.1 Å². The SMILES string of the molecule is CCC(C)(F)F.CN1CCN(c2ccccc2)c2cc(SC3CC4(CC4)C3)c(OCC3(C(=O)O)CC3)cc2S1. The fraction of sp³-hybridized carbons (Fsp3) is 0.567. The van der Waals surface area contributed by atoms with Crippen LogP contribution in [-0.2, 0) is 4.79 Å². The summed E-state index contributed by atoms with van der Waals surface area (Å²) in [6, 6.07) is 15.0. The Morgan fingerprint density at radius 1 is 1.15 bits per heavy atom. The van der Waals surface area contributed by atoms with Crippen LogP contribution < -0.4 is 9.64 Å². The van der Waals surface area contributed by atoms with Gasteiger partial charge in [0.1, 0.15) is 17.8 Å². The number of carboxylic acid groups (broad SMARTS) is 1. The van der Waals surface area contributed by atoms with E-state index >= 15 is 0 Å². The van der Waals surface area contributed by atoms with E-state index in [9.17, 15) is 18.7 Å². The highest BCUT2D eigenvalue weighted by atomic mass is 32.2. The first-order valence-corrected chi connectivity index (χ1v) is 15.5. The van der Waals surface area contributed by atoms with Crippen molar-refractivity contribution < 1.29 is 23.4 Å². The van der Waals surface area contributed by atoms with Crippen molar-refractivity contribution in [1.29, 1.82) is 0 Å². The molecule has 212 valence electrons. The predicted octanol–water partition coefficient (Wildman–Crippen LogP) is 8.11. The zero-order valence-corrected chi connectivity index (χ0v) is 24.6. The summed E-state index contributed by atoms with van der Waals surface area (Å²) in [5.41, 5.74) is 2.37. The Bertz CT molecular complexity index is 1170. The molecule has 2 aromatic carbocycles.